The van der Waals surface area contributed by atoms with Gasteiger partial charge in [-0.05, 0) is 31.2 Å². The van der Waals surface area contributed by atoms with Gasteiger partial charge in [-0.3, -0.25) is 4.79 Å². The van der Waals surface area contributed by atoms with Gasteiger partial charge in [-0.15, -0.1) is 6.58 Å². The summed E-state index contributed by atoms with van der Waals surface area (Å²) in [5.74, 6) is -0.136. The zero-order valence-electron chi connectivity index (χ0n) is 13.1. The lowest BCUT2D eigenvalue weighted by molar-refractivity contribution is -0.156. The Bertz CT molecular complexity index is 489. The van der Waals surface area contributed by atoms with Crippen molar-refractivity contribution in [3.63, 3.8) is 0 Å². The summed E-state index contributed by atoms with van der Waals surface area (Å²) in [6, 6.07) is 10.3. The molecule has 0 spiro atoms. The van der Waals surface area contributed by atoms with Gasteiger partial charge in [0.25, 0.3) is 5.91 Å². The van der Waals surface area contributed by atoms with Gasteiger partial charge in [0.2, 0.25) is 0 Å². The molecule has 1 aliphatic rings. The molecule has 0 radical (unpaired) electrons. The third-order valence-electron chi connectivity index (χ3n) is 4.15. The number of amides is 1. The predicted octanol–water partition coefficient (Wildman–Crippen LogP) is 1.75. The summed E-state index contributed by atoms with van der Waals surface area (Å²) < 4.78 is 0. The Kier molecular flexibility index (Phi) is 6.16. The number of aliphatic hydroxyl groups is 1. The molecule has 1 aromatic rings. The SMILES string of the molecule is C=CCNCC1(O)CCCN(CCCc2ccccc2)C1=O. The maximum atomic E-state index is 12.5. The molecule has 0 bridgehead atoms. The van der Waals surface area contributed by atoms with Gasteiger partial charge in [0, 0.05) is 26.2 Å². The second-order valence-electron chi connectivity index (χ2n) is 5.94. The molecule has 4 nitrogen and oxygen atoms in total. The van der Waals surface area contributed by atoms with Crippen LogP contribution in [0.2, 0.25) is 0 Å². The van der Waals surface area contributed by atoms with Gasteiger partial charge in [0.15, 0.2) is 5.60 Å². The van der Waals surface area contributed by atoms with Gasteiger partial charge >= 0.3 is 0 Å². The second-order valence-corrected chi connectivity index (χ2v) is 5.94. The highest BCUT2D eigenvalue weighted by atomic mass is 16.3. The Morgan fingerprint density at radius 2 is 2.14 bits per heavy atom. The second kappa shape index (κ2) is 8.11. The first kappa shape index (κ1) is 16.7. The van der Waals surface area contributed by atoms with Crippen molar-refractivity contribution >= 4 is 5.91 Å². The number of carbonyl (C=O) groups excluding carboxylic acids is 1. The van der Waals surface area contributed by atoms with Crippen LogP contribution in [0, 0.1) is 0 Å². The average Bonchev–Trinajstić information content (AvgIpc) is 2.53. The van der Waals surface area contributed by atoms with E-state index in [4.69, 9.17) is 0 Å². The zero-order valence-corrected chi connectivity index (χ0v) is 13.1. The molecule has 1 atom stereocenters. The lowest BCUT2D eigenvalue weighted by atomic mass is 9.91. The molecule has 1 saturated heterocycles. The van der Waals surface area contributed by atoms with Crippen LogP contribution in [0.15, 0.2) is 43.0 Å². The molecule has 4 heteroatoms. The molecule has 120 valence electrons. The Labute approximate surface area is 132 Å². The Morgan fingerprint density at radius 3 is 2.86 bits per heavy atom. The van der Waals surface area contributed by atoms with Crippen LogP contribution in [0.3, 0.4) is 0 Å². The van der Waals surface area contributed by atoms with Crippen molar-refractivity contribution in [1.82, 2.24) is 10.2 Å². The van der Waals surface area contributed by atoms with E-state index in [2.05, 4.69) is 24.0 Å². The van der Waals surface area contributed by atoms with Gasteiger partial charge in [-0.1, -0.05) is 36.4 Å². The highest BCUT2D eigenvalue weighted by molar-refractivity contribution is 5.86. The maximum Gasteiger partial charge on any atom is 0.255 e. The molecule has 2 N–H and O–H groups in total. The molecule has 2 rings (SSSR count). The molecule has 1 aliphatic heterocycles. The molecular weight excluding hydrogens is 276 g/mol. The van der Waals surface area contributed by atoms with Gasteiger partial charge in [0.1, 0.15) is 0 Å². The molecule has 0 aromatic heterocycles. The van der Waals surface area contributed by atoms with E-state index in [-0.39, 0.29) is 5.91 Å². The third-order valence-corrected chi connectivity index (χ3v) is 4.15. The molecule has 1 aromatic carbocycles. The summed E-state index contributed by atoms with van der Waals surface area (Å²) in [7, 11) is 0. The van der Waals surface area contributed by atoms with Crippen LogP contribution < -0.4 is 5.32 Å². The van der Waals surface area contributed by atoms with Gasteiger partial charge in [0.05, 0.1) is 0 Å². The zero-order chi connectivity index (χ0) is 15.8. The monoisotopic (exact) mass is 302 g/mol. The lowest BCUT2D eigenvalue weighted by Crippen LogP contribution is -2.58. The lowest BCUT2D eigenvalue weighted by Gasteiger charge is -2.38. The Morgan fingerprint density at radius 1 is 1.36 bits per heavy atom. The fourth-order valence-corrected chi connectivity index (χ4v) is 2.94. The van der Waals surface area contributed by atoms with Crippen molar-refractivity contribution < 1.29 is 9.90 Å². The van der Waals surface area contributed by atoms with E-state index in [1.54, 1.807) is 6.08 Å². The van der Waals surface area contributed by atoms with E-state index >= 15 is 0 Å². The van der Waals surface area contributed by atoms with Gasteiger partial charge < -0.3 is 15.3 Å². The number of carbonyl (C=O) groups is 1. The summed E-state index contributed by atoms with van der Waals surface area (Å²) in [6.45, 7) is 5.98. The fraction of sp³-hybridized carbons (Fsp3) is 0.500. The van der Waals surface area contributed by atoms with Crippen LogP contribution in [0.4, 0.5) is 0 Å². The average molecular weight is 302 g/mol. The minimum absolute atomic E-state index is 0.136. The summed E-state index contributed by atoms with van der Waals surface area (Å²) in [5, 5.41) is 13.6. The number of benzene rings is 1. The van der Waals surface area contributed by atoms with Crippen molar-refractivity contribution in [2.75, 3.05) is 26.2 Å². The third kappa shape index (κ3) is 4.42. The number of aryl methyl sites for hydroxylation is 1. The predicted molar refractivity (Wildman–Crippen MR) is 88.6 cm³/mol. The number of nitrogens with one attached hydrogen (secondary N) is 1. The Balaban J connectivity index is 1.83. The number of piperidine rings is 1. The first-order valence-corrected chi connectivity index (χ1v) is 8.03. The first-order valence-electron chi connectivity index (χ1n) is 8.03. The molecule has 1 heterocycles. The highest BCUT2D eigenvalue weighted by Gasteiger charge is 2.41. The number of likely N-dealkylation sites (tertiary alicyclic amines) is 1. The van der Waals surface area contributed by atoms with Gasteiger partial charge in [-0.25, -0.2) is 0 Å². The van der Waals surface area contributed by atoms with Crippen molar-refractivity contribution in [3.8, 4) is 0 Å². The summed E-state index contributed by atoms with van der Waals surface area (Å²) in [5.41, 5.74) is 0.0310. The quantitative estimate of drug-likeness (QED) is 0.568. The summed E-state index contributed by atoms with van der Waals surface area (Å²) in [4.78, 5) is 14.3. The van der Waals surface area contributed by atoms with Crippen molar-refractivity contribution in [2.24, 2.45) is 0 Å². The minimum Gasteiger partial charge on any atom is -0.379 e. The number of nitrogens with zero attached hydrogens (tertiary/aromatic N) is 1. The topological polar surface area (TPSA) is 52.6 Å². The molecule has 22 heavy (non-hydrogen) atoms. The Hall–Kier alpha value is -1.65. The van der Waals surface area contributed by atoms with E-state index in [1.165, 1.54) is 5.56 Å². The van der Waals surface area contributed by atoms with Crippen molar-refractivity contribution in [2.45, 2.75) is 31.3 Å². The van der Waals surface area contributed by atoms with Crippen LogP contribution in [0.5, 0.6) is 0 Å². The highest BCUT2D eigenvalue weighted by Crippen LogP contribution is 2.22. The van der Waals surface area contributed by atoms with E-state index in [0.29, 0.717) is 26.1 Å². The molecule has 1 amide bonds. The molecule has 1 unspecified atom stereocenters. The summed E-state index contributed by atoms with van der Waals surface area (Å²) in [6.07, 6.45) is 4.99. The van der Waals surface area contributed by atoms with Crippen LogP contribution in [0.1, 0.15) is 24.8 Å². The molecule has 1 fully saturated rings. The largest absolute Gasteiger partial charge is 0.379 e. The maximum absolute atomic E-state index is 12.5. The number of rotatable bonds is 8. The molecule has 0 aliphatic carbocycles. The van der Waals surface area contributed by atoms with Crippen LogP contribution in [-0.2, 0) is 11.2 Å². The fourth-order valence-electron chi connectivity index (χ4n) is 2.94. The van der Waals surface area contributed by atoms with E-state index in [1.807, 2.05) is 23.1 Å². The number of hydrogen-bond donors (Lipinski definition) is 2. The first-order chi connectivity index (χ1) is 10.7. The minimum atomic E-state index is -1.26. The normalized spacial score (nSPS) is 21.9. The summed E-state index contributed by atoms with van der Waals surface area (Å²) >= 11 is 0. The molecular formula is C18H26N2O2. The van der Waals surface area contributed by atoms with Gasteiger partial charge in [-0.2, -0.15) is 0 Å². The van der Waals surface area contributed by atoms with E-state index in [0.717, 1.165) is 25.8 Å². The molecule has 0 saturated carbocycles. The smallest absolute Gasteiger partial charge is 0.255 e. The van der Waals surface area contributed by atoms with Crippen molar-refractivity contribution in [1.29, 1.82) is 0 Å². The van der Waals surface area contributed by atoms with Crippen LogP contribution in [0.25, 0.3) is 0 Å². The van der Waals surface area contributed by atoms with Crippen molar-refractivity contribution in [3.05, 3.63) is 48.6 Å². The van der Waals surface area contributed by atoms with Crippen LogP contribution >= 0.6 is 0 Å². The number of hydrogen-bond acceptors (Lipinski definition) is 3. The van der Waals surface area contributed by atoms with E-state index in [9.17, 15) is 9.90 Å². The van der Waals surface area contributed by atoms with E-state index < -0.39 is 5.60 Å². The standard InChI is InChI=1S/C18H26N2O2/c1-2-12-19-15-18(22)11-7-14-20(17(18)21)13-6-10-16-8-4-3-5-9-16/h2-5,8-9,19,22H,1,6-7,10-15H2. The van der Waals surface area contributed by atoms with Crippen LogP contribution in [-0.4, -0.2) is 47.7 Å².